The number of carbonyl (C=O) groups is 1. The largest absolute Gasteiger partial charge is 0.454 e. The molecule has 0 unspecified atom stereocenters. The molecule has 1 amide bonds. The lowest BCUT2D eigenvalue weighted by Gasteiger charge is -2.10. The van der Waals surface area contributed by atoms with Crippen LogP contribution in [0.3, 0.4) is 0 Å². The smallest absolute Gasteiger partial charge is 0.251 e. The molecule has 4 nitrogen and oxygen atoms in total. The molecule has 0 saturated heterocycles. The van der Waals surface area contributed by atoms with Crippen LogP contribution in [0.5, 0.6) is 11.5 Å². The highest BCUT2D eigenvalue weighted by atomic mass is 19.1. The molecule has 0 spiro atoms. The van der Waals surface area contributed by atoms with Crippen LogP contribution in [0.25, 0.3) is 10.9 Å². The van der Waals surface area contributed by atoms with Gasteiger partial charge in [-0.1, -0.05) is 30.3 Å². The Morgan fingerprint density at radius 3 is 2.75 bits per heavy atom. The van der Waals surface area contributed by atoms with E-state index >= 15 is 0 Å². The maximum absolute atomic E-state index is 13.7. The van der Waals surface area contributed by atoms with Gasteiger partial charge in [0.05, 0.1) is 5.52 Å². The number of aromatic nitrogens is 1. The Morgan fingerprint density at radius 2 is 1.86 bits per heavy atom. The summed E-state index contributed by atoms with van der Waals surface area (Å²) < 4.78 is 19.3. The van der Waals surface area contributed by atoms with Gasteiger partial charge >= 0.3 is 0 Å². The highest BCUT2D eigenvalue weighted by Gasteiger charge is 2.08. The summed E-state index contributed by atoms with van der Waals surface area (Å²) in [5.74, 6) is 0.0697. The Labute approximate surface area is 161 Å². The summed E-state index contributed by atoms with van der Waals surface area (Å²) in [5, 5.41) is 3.81. The van der Waals surface area contributed by atoms with E-state index in [0.29, 0.717) is 17.9 Å². The molecule has 138 valence electrons. The van der Waals surface area contributed by atoms with Crippen molar-refractivity contribution in [3.8, 4) is 11.5 Å². The van der Waals surface area contributed by atoms with Gasteiger partial charge in [-0.15, -0.1) is 0 Å². The van der Waals surface area contributed by atoms with Gasteiger partial charge in [0.25, 0.3) is 5.91 Å². The fourth-order valence-corrected chi connectivity index (χ4v) is 2.87. The van der Waals surface area contributed by atoms with Gasteiger partial charge in [0.1, 0.15) is 5.75 Å². The minimum atomic E-state index is -0.424. The van der Waals surface area contributed by atoms with Crippen molar-refractivity contribution >= 4 is 16.8 Å². The molecular formula is C23H17FN2O2. The standard InChI is InChI=1S/C23H17FN2O2/c24-20-8-1-2-9-22(20)28-19-7-3-5-16(13-19)15-26-23(27)18-10-11-21-17(14-18)6-4-12-25-21/h1-14H,15H2,(H,26,27). The van der Waals surface area contributed by atoms with Crippen molar-refractivity contribution in [1.82, 2.24) is 10.3 Å². The van der Waals surface area contributed by atoms with Crippen LogP contribution in [-0.4, -0.2) is 10.9 Å². The molecule has 0 saturated carbocycles. The molecule has 5 heteroatoms. The number of para-hydroxylation sites is 1. The lowest BCUT2D eigenvalue weighted by Crippen LogP contribution is -2.22. The average molecular weight is 372 g/mol. The molecule has 3 aromatic carbocycles. The SMILES string of the molecule is O=C(NCc1cccc(Oc2ccccc2F)c1)c1ccc2ncccc2c1. The van der Waals surface area contributed by atoms with E-state index in [-0.39, 0.29) is 11.7 Å². The molecule has 28 heavy (non-hydrogen) atoms. The summed E-state index contributed by atoms with van der Waals surface area (Å²) >= 11 is 0. The van der Waals surface area contributed by atoms with Crippen molar-refractivity contribution in [3.05, 3.63) is 102 Å². The average Bonchev–Trinajstić information content (AvgIpc) is 2.73. The molecule has 4 aromatic rings. The summed E-state index contributed by atoms with van der Waals surface area (Å²) in [6, 6.07) is 22.6. The Kier molecular flexibility index (Phi) is 4.97. The van der Waals surface area contributed by atoms with Gasteiger partial charge in [-0.3, -0.25) is 9.78 Å². The minimum absolute atomic E-state index is 0.161. The number of halogens is 1. The van der Waals surface area contributed by atoms with E-state index in [1.807, 2.05) is 30.3 Å². The van der Waals surface area contributed by atoms with E-state index in [2.05, 4.69) is 10.3 Å². The summed E-state index contributed by atoms with van der Waals surface area (Å²) in [6.45, 7) is 0.332. The third kappa shape index (κ3) is 3.99. The van der Waals surface area contributed by atoms with Crippen molar-refractivity contribution in [2.45, 2.75) is 6.54 Å². The number of rotatable bonds is 5. The maximum Gasteiger partial charge on any atom is 0.251 e. The van der Waals surface area contributed by atoms with Gasteiger partial charge in [0.2, 0.25) is 0 Å². The Bertz CT molecular complexity index is 1140. The molecule has 1 heterocycles. The number of benzene rings is 3. The van der Waals surface area contributed by atoms with Crippen molar-refractivity contribution in [1.29, 1.82) is 0 Å². The van der Waals surface area contributed by atoms with E-state index in [9.17, 15) is 9.18 Å². The highest BCUT2D eigenvalue weighted by Crippen LogP contribution is 2.24. The highest BCUT2D eigenvalue weighted by molar-refractivity contribution is 5.97. The number of nitrogens with one attached hydrogen (secondary N) is 1. The second-order valence-corrected chi connectivity index (χ2v) is 6.27. The zero-order chi connectivity index (χ0) is 19.3. The Hall–Kier alpha value is -3.73. The van der Waals surface area contributed by atoms with Gasteiger partial charge in [-0.05, 0) is 54.1 Å². The van der Waals surface area contributed by atoms with Gasteiger partial charge < -0.3 is 10.1 Å². The van der Waals surface area contributed by atoms with E-state index in [4.69, 9.17) is 4.74 Å². The third-order valence-electron chi connectivity index (χ3n) is 4.28. The lowest BCUT2D eigenvalue weighted by atomic mass is 10.1. The van der Waals surface area contributed by atoms with E-state index in [1.165, 1.54) is 6.07 Å². The predicted molar refractivity (Wildman–Crippen MR) is 106 cm³/mol. The predicted octanol–water partition coefficient (Wildman–Crippen LogP) is 5.10. The van der Waals surface area contributed by atoms with E-state index in [1.54, 1.807) is 48.7 Å². The van der Waals surface area contributed by atoms with Crippen LogP contribution in [0.4, 0.5) is 4.39 Å². The Balaban J connectivity index is 1.44. The van der Waals surface area contributed by atoms with Crippen molar-refractivity contribution in [2.75, 3.05) is 0 Å². The molecule has 1 N–H and O–H groups in total. The third-order valence-corrected chi connectivity index (χ3v) is 4.28. The van der Waals surface area contributed by atoms with Gasteiger partial charge in [0.15, 0.2) is 11.6 Å². The van der Waals surface area contributed by atoms with Crippen molar-refractivity contribution < 1.29 is 13.9 Å². The molecule has 0 aliphatic rings. The molecule has 0 aliphatic carbocycles. The molecule has 4 rings (SSSR count). The second kappa shape index (κ2) is 7.88. The monoisotopic (exact) mass is 372 g/mol. The van der Waals surface area contributed by atoms with E-state index in [0.717, 1.165) is 16.5 Å². The van der Waals surface area contributed by atoms with Crippen molar-refractivity contribution in [2.24, 2.45) is 0 Å². The summed E-state index contributed by atoms with van der Waals surface area (Å²) in [6.07, 6.45) is 1.72. The van der Waals surface area contributed by atoms with Crippen LogP contribution in [-0.2, 0) is 6.54 Å². The quantitative estimate of drug-likeness (QED) is 0.530. The number of pyridine rings is 1. The number of fused-ring (bicyclic) bond motifs is 1. The van der Waals surface area contributed by atoms with Crippen LogP contribution in [0.15, 0.2) is 85.1 Å². The molecule has 1 aromatic heterocycles. The molecule has 0 atom stereocenters. The normalized spacial score (nSPS) is 10.6. The van der Waals surface area contributed by atoms with Crippen LogP contribution < -0.4 is 10.1 Å². The number of ether oxygens (including phenoxy) is 1. The maximum atomic E-state index is 13.7. The molecular weight excluding hydrogens is 355 g/mol. The molecule has 0 radical (unpaired) electrons. The van der Waals surface area contributed by atoms with Crippen LogP contribution in [0.2, 0.25) is 0 Å². The first kappa shape index (κ1) is 17.7. The fourth-order valence-electron chi connectivity index (χ4n) is 2.87. The fraction of sp³-hybridized carbons (Fsp3) is 0.0435. The Morgan fingerprint density at radius 1 is 0.964 bits per heavy atom. The number of hydrogen-bond acceptors (Lipinski definition) is 3. The van der Waals surface area contributed by atoms with Gasteiger partial charge in [0, 0.05) is 23.7 Å². The number of nitrogens with zero attached hydrogens (tertiary/aromatic N) is 1. The lowest BCUT2D eigenvalue weighted by molar-refractivity contribution is 0.0951. The zero-order valence-corrected chi connectivity index (χ0v) is 14.9. The topological polar surface area (TPSA) is 51.2 Å². The van der Waals surface area contributed by atoms with E-state index < -0.39 is 5.82 Å². The number of carbonyl (C=O) groups excluding carboxylic acids is 1. The first-order valence-corrected chi connectivity index (χ1v) is 8.83. The van der Waals surface area contributed by atoms with Crippen molar-refractivity contribution in [3.63, 3.8) is 0 Å². The van der Waals surface area contributed by atoms with Gasteiger partial charge in [-0.2, -0.15) is 0 Å². The molecule has 0 aliphatic heterocycles. The zero-order valence-electron chi connectivity index (χ0n) is 14.9. The first-order valence-electron chi connectivity index (χ1n) is 8.83. The second-order valence-electron chi connectivity index (χ2n) is 6.27. The van der Waals surface area contributed by atoms with Crippen LogP contribution in [0, 0.1) is 5.82 Å². The summed E-state index contributed by atoms with van der Waals surface area (Å²) in [7, 11) is 0. The van der Waals surface area contributed by atoms with Gasteiger partial charge in [-0.25, -0.2) is 4.39 Å². The number of hydrogen-bond donors (Lipinski definition) is 1. The molecule has 0 bridgehead atoms. The number of amides is 1. The minimum Gasteiger partial charge on any atom is -0.454 e. The van der Waals surface area contributed by atoms with Crippen LogP contribution >= 0.6 is 0 Å². The first-order chi connectivity index (χ1) is 13.7. The summed E-state index contributed by atoms with van der Waals surface area (Å²) in [5.41, 5.74) is 2.26. The summed E-state index contributed by atoms with van der Waals surface area (Å²) in [4.78, 5) is 16.7. The van der Waals surface area contributed by atoms with Crippen LogP contribution in [0.1, 0.15) is 15.9 Å². The molecule has 0 fully saturated rings.